The van der Waals surface area contributed by atoms with Gasteiger partial charge >= 0.3 is 5.97 Å². The third kappa shape index (κ3) is 5.62. The molecule has 0 aliphatic rings. The molecule has 1 aromatic carbocycles. The number of methoxy groups -OCH3 is 1. The minimum absolute atomic E-state index is 0.317. The van der Waals surface area contributed by atoms with Crippen molar-refractivity contribution in [3.63, 3.8) is 0 Å². The molecule has 0 unspecified atom stereocenters. The predicted octanol–water partition coefficient (Wildman–Crippen LogP) is 3.81. The van der Waals surface area contributed by atoms with Gasteiger partial charge in [-0.2, -0.15) is 5.26 Å². The Balaban J connectivity index is 3.24. The summed E-state index contributed by atoms with van der Waals surface area (Å²) < 4.78 is 5.40. The molecular formula is C19H26N2O3. The van der Waals surface area contributed by atoms with E-state index in [1.165, 1.54) is 6.08 Å². The molecule has 5 heteroatoms. The van der Waals surface area contributed by atoms with Crippen LogP contribution in [0.15, 0.2) is 23.8 Å². The molecule has 0 radical (unpaired) electrons. The molecule has 0 aliphatic heterocycles. The van der Waals surface area contributed by atoms with Crippen LogP contribution in [0.2, 0.25) is 0 Å². The molecule has 0 saturated heterocycles. The van der Waals surface area contributed by atoms with Gasteiger partial charge in [-0.15, -0.1) is 0 Å². The number of hydrogen-bond donors (Lipinski definition) is 1. The van der Waals surface area contributed by atoms with Crippen LogP contribution < -0.4 is 9.64 Å². The van der Waals surface area contributed by atoms with Crippen molar-refractivity contribution in [1.82, 2.24) is 0 Å². The number of rotatable bonds is 8. The zero-order chi connectivity index (χ0) is 18.3. The summed E-state index contributed by atoms with van der Waals surface area (Å²) in [6.45, 7) is 10.5. The van der Waals surface area contributed by atoms with E-state index in [1.807, 2.05) is 12.1 Å². The number of ether oxygens (including phenoxy) is 1. The Morgan fingerprint density at radius 2 is 1.88 bits per heavy atom. The average Bonchev–Trinajstić information content (AvgIpc) is 2.50. The number of carbonyl (C=O) groups is 1. The van der Waals surface area contributed by atoms with Crippen molar-refractivity contribution in [2.24, 2.45) is 11.8 Å². The van der Waals surface area contributed by atoms with Crippen LogP contribution in [0.4, 0.5) is 5.69 Å². The highest BCUT2D eigenvalue weighted by Gasteiger charge is 2.14. The van der Waals surface area contributed by atoms with E-state index < -0.39 is 5.97 Å². The summed E-state index contributed by atoms with van der Waals surface area (Å²) >= 11 is 0. The van der Waals surface area contributed by atoms with Gasteiger partial charge in [0.15, 0.2) is 0 Å². The zero-order valence-electron chi connectivity index (χ0n) is 15.0. The number of aliphatic carboxylic acids is 1. The van der Waals surface area contributed by atoms with Crippen molar-refractivity contribution in [1.29, 1.82) is 5.26 Å². The van der Waals surface area contributed by atoms with Gasteiger partial charge in [0.2, 0.25) is 0 Å². The maximum Gasteiger partial charge on any atom is 0.346 e. The molecule has 0 aromatic heterocycles. The first-order valence-corrected chi connectivity index (χ1v) is 8.06. The summed E-state index contributed by atoms with van der Waals surface area (Å²) in [4.78, 5) is 13.3. The number of carboxylic acids is 1. The van der Waals surface area contributed by atoms with Crippen molar-refractivity contribution in [2.75, 3.05) is 25.1 Å². The van der Waals surface area contributed by atoms with Crippen LogP contribution in [-0.4, -0.2) is 31.3 Å². The minimum Gasteiger partial charge on any atom is -0.496 e. The van der Waals surface area contributed by atoms with E-state index in [9.17, 15) is 4.79 Å². The second-order valence-electron chi connectivity index (χ2n) is 6.59. The molecular weight excluding hydrogens is 304 g/mol. The second kappa shape index (κ2) is 8.97. The lowest BCUT2D eigenvalue weighted by Gasteiger charge is -2.29. The van der Waals surface area contributed by atoms with Crippen LogP contribution in [0.5, 0.6) is 5.75 Å². The third-order valence-corrected chi connectivity index (χ3v) is 3.40. The largest absolute Gasteiger partial charge is 0.496 e. The molecule has 0 fully saturated rings. The Morgan fingerprint density at radius 1 is 1.29 bits per heavy atom. The highest BCUT2D eigenvalue weighted by atomic mass is 16.5. The van der Waals surface area contributed by atoms with Crippen LogP contribution in [0, 0.1) is 23.2 Å². The third-order valence-electron chi connectivity index (χ3n) is 3.40. The molecule has 24 heavy (non-hydrogen) atoms. The molecule has 0 saturated carbocycles. The van der Waals surface area contributed by atoms with Crippen LogP contribution in [0.3, 0.4) is 0 Å². The molecule has 130 valence electrons. The van der Waals surface area contributed by atoms with E-state index in [1.54, 1.807) is 19.2 Å². The molecule has 0 heterocycles. The molecule has 1 rings (SSSR count). The van der Waals surface area contributed by atoms with Crippen molar-refractivity contribution in [2.45, 2.75) is 27.7 Å². The normalized spacial score (nSPS) is 11.5. The number of anilines is 1. The van der Waals surface area contributed by atoms with Gasteiger partial charge in [-0.25, -0.2) is 4.79 Å². The number of nitrogens with zero attached hydrogens (tertiary/aromatic N) is 2. The summed E-state index contributed by atoms with van der Waals surface area (Å²) in [7, 11) is 1.54. The fraction of sp³-hybridized carbons (Fsp3) is 0.474. The highest BCUT2D eigenvalue weighted by Crippen LogP contribution is 2.28. The summed E-state index contributed by atoms with van der Waals surface area (Å²) in [5, 5.41) is 17.9. The van der Waals surface area contributed by atoms with Crippen LogP contribution in [-0.2, 0) is 4.79 Å². The number of benzene rings is 1. The van der Waals surface area contributed by atoms with E-state index in [-0.39, 0.29) is 5.57 Å². The second-order valence-corrected chi connectivity index (χ2v) is 6.59. The molecule has 0 bridgehead atoms. The van der Waals surface area contributed by atoms with Crippen LogP contribution in [0.1, 0.15) is 33.3 Å². The summed E-state index contributed by atoms with van der Waals surface area (Å²) in [6, 6.07) is 7.32. The maximum absolute atomic E-state index is 11.0. The summed E-state index contributed by atoms with van der Waals surface area (Å²) in [5.74, 6) is 0.349. The van der Waals surface area contributed by atoms with E-state index >= 15 is 0 Å². The first kappa shape index (κ1) is 19.6. The average molecular weight is 330 g/mol. The Morgan fingerprint density at radius 3 is 2.29 bits per heavy atom. The maximum atomic E-state index is 11.0. The Kier molecular flexibility index (Phi) is 7.31. The quantitative estimate of drug-likeness (QED) is 0.579. The molecule has 5 nitrogen and oxygen atoms in total. The minimum atomic E-state index is -1.25. The van der Waals surface area contributed by atoms with Crippen molar-refractivity contribution >= 4 is 17.7 Å². The molecule has 0 atom stereocenters. The Hall–Kier alpha value is -2.48. The zero-order valence-corrected chi connectivity index (χ0v) is 15.0. The van der Waals surface area contributed by atoms with Gasteiger partial charge in [0.25, 0.3) is 0 Å². The molecule has 0 spiro atoms. The lowest BCUT2D eigenvalue weighted by molar-refractivity contribution is -0.132. The van der Waals surface area contributed by atoms with Gasteiger partial charge in [0.1, 0.15) is 17.4 Å². The van der Waals surface area contributed by atoms with Crippen LogP contribution in [0.25, 0.3) is 6.08 Å². The smallest absolute Gasteiger partial charge is 0.346 e. The predicted molar refractivity (Wildman–Crippen MR) is 96.1 cm³/mol. The number of nitriles is 1. The molecule has 0 aliphatic carbocycles. The van der Waals surface area contributed by atoms with Gasteiger partial charge in [0.05, 0.1) is 7.11 Å². The van der Waals surface area contributed by atoms with Crippen molar-refractivity contribution in [3.05, 3.63) is 29.3 Å². The molecule has 1 aromatic rings. The van der Waals surface area contributed by atoms with E-state index in [0.717, 1.165) is 18.8 Å². The fourth-order valence-corrected chi connectivity index (χ4v) is 2.48. The monoisotopic (exact) mass is 330 g/mol. The summed E-state index contributed by atoms with van der Waals surface area (Å²) in [6.07, 6.45) is 1.33. The van der Waals surface area contributed by atoms with Crippen LogP contribution >= 0.6 is 0 Å². The van der Waals surface area contributed by atoms with Gasteiger partial charge in [0, 0.05) is 30.4 Å². The Bertz CT molecular complexity index is 633. The van der Waals surface area contributed by atoms with E-state index in [2.05, 4.69) is 32.6 Å². The lowest BCUT2D eigenvalue weighted by atomic mass is 10.1. The van der Waals surface area contributed by atoms with Crippen molar-refractivity contribution in [3.8, 4) is 11.8 Å². The molecule has 0 amide bonds. The lowest BCUT2D eigenvalue weighted by Crippen LogP contribution is -2.31. The van der Waals surface area contributed by atoms with Gasteiger partial charge in [-0.1, -0.05) is 27.7 Å². The Labute approximate surface area is 144 Å². The first-order chi connectivity index (χ1) is 11.3. The SMILES string of the molecule is COc1cc(N(CC(C)C)CC(C)C)ccc1/C=C(\C#N)C(=O)O. The number of carboxylic acid groups (broad SMARTS) is 1. The van der Waals surface area contributed by atoms with E-state index in [0.29, 0.717) is 23.1 Å². The summed E-state index contributed by atoms with van der Waals surface area (Å²) in [5.41, 5.74) is 1.29. The fourth-order valence-electron chi connectivity index (χ4n) is 2.48. The topological polar surface area (TPSA) is 73.6 Å². The standard InChI is InChI=1S/C19H26N2O3/c1-13(2)11-21(12-14(3)4)17-7-6-15(18(9-17)24-5)8-16(10-20)19(22)23/h6-9,13-14H,11-12H2,1-5H3,(H,22,23)/b16-8+. The van der Waals surface area contributed by atoms with Gasteiger partial charge < -0.3 is 14.7 Å². The highest BCUT2D eigenvalue weighted by molar-refractivity contribution is 5.97. The number of hydrogen-bond acceptors (Lipinski definition) is 4. The first-order valence-electron chi connectivity index (χ1n) is 8.06. The van der Waals surface area contributed by atoms with E-state index in [4.69, 9.17) is 15.1 Å². The van der Waals surface area contributed by atoms with Crippen molar-refractivity contribution < 1.29 is 14.6 Å². The molecule has 1 N–H and O–H groups in total. The van der Waals surface area contributed by atoms with Gasteiger partial charge in [-0.05, 0) is 30.0 Å². The van der Waals surface area contributed by atoms with Gasteiger partial charge in [-0.3, -0.25) is 0 Å².